The Balaban J connectivity index is 1.95. The van der Waals surface area contributed by atoms with Gasteiger partial charge >= 0.3 is 0 Å². The van der Waals surface area contributed by atoms with Gasteiger partial charge in [-0.1, -0.05) is 38.3 Å². The van der Waals surface area contributed by atoms with E-state index in [1.54, 1.807) is 0 Å². The first-order valence-electron chi connectivity index (χ1n) is 7.24. The molecule has 0 saturated carbocycles. The molecular formula is C15H27NO. The molecule has 0 saturated heterocycles. The molecule has 1 amide bonds. The van der Waals surface area contributed by atoms with Crippen molar-refractivity contribution in [2.45, 2.75) is 64.7 Å². The van der Waals surface area contributed by atoms with Crippen molar-refractivity contribution in [2.75, 3.05) is 6.54 Å². The fourth-order valence-electron chi connectivity index (χ4n) is 2.32. The lowest BCUT2D eigenvalue weighted by Gasteiger charge is -2.17. The van der Waals surface area contributed by atoms with Crippen LogP contribution in [0.15, 0.2) is 12.2 Å². The lowest BCUT2D eigenvalue weighted by Crippen LogP contribution is -2.24. The smallest absolute Gasteiger partial charge is 0.220 e. The molecule has 17 heavy (non-hydrogen) atoms. The van der Waals surface area contributed by atoms with Crippen LogP contribution in [0.3, 0.4) is 0 Å². The molecule has 0 fully saturated rings. The number of hydrogen-bond acceptors (Lipinski definition) is 1. The lowest BCUT2D eigenvalue weighted by atomic mass is 9.90. The first-order chi connectivity index (χ1) is 8.33. The van der Waals surface area contributed by atoms with Gasteiger partial charge in [0.15, 0.2) is 0 Å². The number of carbonyl (C=O) groups is 1. The fraction of sp³-hybridized carbons (Fsp3) is 0.800. The normalized spacial score (nSPS) is 19.2. The molecular weight excluding hydrogens is 210 g/mol. The van der Waals surface area contributed by atoms with Gasteiger partial charge in [0.2, 0.25) is 5.91 Å². The first kappa shape index (κ1) is 14.3. The Morgan fingerprint density at radius 3 is 2.88 bits per heavy atom. The van der Waals surface area contributed by atoms with Crippen molar-refractivity contribution in [1.82, 2.24) is 5.32 Å². The van der Waals surface area contributed by atoms with Gasteiger partial charge in [0.05, 0.1) is 0 Å². The molecule has 0 aliphatic heterocycles. The molecule has 0 heterocycles. The summed E-state index contributed by atoms with van der Waals surface area (Å²) in [6, 6.07) is 0. The number of amides is 1. The molecule has 0 aromatic rings. The summed E-state index contributed by atoms with van der Waals surface area (Å²) in [5.74, 6) is 0.988. The summed E-state index contributed by atoms with van der Waals surface area (Å²) in [6.07, 6.45) is 14.8. The van der Waals surface area contributed by atoms with Crippen LogP contribution in [0, 0.1) is 5.92 Å². The van der Waals surface area contributed by atoms with Gasteiger partial charge in [-0.3, -0.25) is 4.79 Å². The minimum Gasteiger partial charge on any atom is -0.356 e. The summed E-state index contributed by atoms with van der Waals surface area (Å²) >= 11 is 0. The van der Waals surface area contributed by atoms with Crippen LogP contribution >= 0.6 is 0 Å². The van der Waals surface area contributed by atoms with Crippen molar-refractivity contribution in [1.29, 1.82) is 0 Å². The van der Waals surface area contributed by atoms with Crippen molar-refractivity contribution >= 4 is 5.91 Å². The molecule has 0 spiro atoms. The van der Waals surface area contributed by atoms with E-state index in [4.69, 9.17) is 0 Å². The van der Waals surface area contributed by atoms with Crippen LogP contribution in [0.2, 0.25) is 0 Å². The maximum Gasteiger partial charge on any atom is 0.220 e. The van der Waals surface area contributed by atoms with Gasteiger partial charge in [0.1, 0.15) is 0 Å². The van der Waals surface area contributed by atoms with Crippen LogP contribution in [0.5, 0.6) is 0 Å². The number of rotatable bonds is 8. The molecule has 1 aliphatic carbocycles. The van der Waals surface area contributed by atoms with Gasteiger partial charge in [0, 0.05) is 13.0 Å². The molecule has 1 rings (SSSR count). The van der Waals surface area contributed by atoms with Crippen molar-refractivity contribution in [3.63, 3.8) is 0 Å². The highest BCUT2D eigenvalue weighted by Crippen LogP contribution is 2.22. The third-order valence-electron chi connectivity index (χ3n) is 3.51. The standard InChI is InChI=1S/C15H27NO/c1-2-3-4-8-13-16-15(17)12-11-14-9-6-5-7-10-14/h5-6,14H,2-4,7-13H2,1H3,(H,16,17). The number of allylic oxidation sites excluding steroid dienone is 2. The number of unbranched alkanes of at least 4 members (excludes halogenated alkanes) is 3. The molecule has 2 heteroatoms. The minimum absolute atomic E-state index is 0.246. The summed E-state index contributed by atoms with van der Waals surface area (Å²) in [4.78, 5) is 11.6. The maximum absolute atomic E-state index is 11.6. The first-order valence-corrected chi connectivity index (χ1v) is 7.24. The quantitative estimate of drug-likeness (QED) is 0.504. The van der Waals surface area contributed by atoms with Gasteiger partial charge in [-0.05, 0) is 38.0 Å². The van der Waals surface area contributed by atoms with E-state index in [1.807, 2.05) is 0 Å². The van der Waals surface area contributed by atoms with E-state index < -0.39 is 0 Å². The van der Waals surface area contributed by atoms with Crippen LogP contribution in [-0.2, 0) is 4.79 Å². The summed E-state index contributed by atoms with van der Waals surface area (Å²) in [5.41, 5.74) is 0. The largest absolute Gasteiger partial charge is 0.356 e. The summed E-state index contributed by atoms with van der Waals surface area (Å²) in [5, 5.41) is 3.02. The Kier molecular flexibility index (Phi) is 7.78. The van der Waals surface area contributed by atoms with Gasteiger partial charge in [-0.2, -0.15) is 0 Å². The second-order valence-electron chi connectivity index (χ2n) is 5.10. The molecule has 2 nitrogen and oxygen atoms in total. The molecule has 0 bridgehead atoms. The molecule has 1 atom stereocenters. The van der Waals surface area contributed by atoms with E-state index >= 15 is 0 Å². The van der Waals surface area contributed by atoms with E-state index in [9.17, 15) is 4.79 Å². The van der Waals surface area contributed by atoms with Crippen LogP contribution in [0.4, 0.5) is 0 Å². The molecule has 0 radical (unpaired) electrons. The van der Waals surface area contributed by atoms with Gasteiger partial charge in [-0.15, -0.1) is 0 Å². The number of carbonyl (C=O) groups excluding carboxylic acids is 1. The molecule has 1 aliphatic rings. The van der Waals surface area contributed by atoms with E-state index in [0.717, 1.165) is 25.3 Å². The van der Waals surface area contributed by atoms with Crippen molar-refractivity contribution in [3.8, 4) is 0 Å². The van der Waals surface area contributed by atoms with Crippen LogP contribution in [0.1, 0.15) is 64.7 Å². The van der Waals surface area contributed by atoms with Crippen LogP contribution < -0.4 is 5.32 Å². The van der Waals surface area contributed by atoms with Crippen LogP contribution in [0.25, 0.3) is 0 Å². The Bertz CT molecular complexity index is 235. The van der Waals surface area contributed by atoms with Crippen molar-refractivity contribution in [3.05, 3.63) is 12.2 Å². The third kappa shape index (κ3) is 7.19. The maximum atomic E-state index is 11.6. The summed E-state index contributed by atoms with van der Waals surface area (Å²) in [7, 11) is 0. The predicted octanol–water partition coefficient (Wildman–Crippen LogP) is 3.82. The van der Waals surface area contributed by atoms with Gasteiger partial charge in [-0.25, -0.2) is 0 Å². The lowest BCUT2D eigenvalue weighted by molar-refractivity contribution is -0.121. The summed E-state index contributed by atoms with van der Waals surface area (Å²) in [6.45, 7) is 3.07. The van der Waals surface area contributed by atoms with Crippen LogP contribution in [-0.4, -0.2) is 12.5 Å². The molecule has 1 N–H and O–H groups in total. The number of hydrogen-bond donors (Lipinski definition) is 1. The monoisotopic (exact) mass is 237 g/mol. The fourth-order valence-corrected chi connectivity index (χ4v) is 2.32. The molecule has 0 aromatic heterocycles. The zero-order valence-corrected chi connectivity index (χ0v) is 11.2. The Morgan fingerprint density at radius 1 is 1.29 bits per heavy atom. The number of nitrogens with one attached hydrogen (secondary N) is 1. The zero-order chi connectivity index (χ0) is 12.3. The minimum atomic E-state index is 0.246. The third-order valence-corrected chi connectivity index (χ3v) is 3.51. The SMILES string of the molecule is CCCCCCNC(=O)CCC1CC=CCC1. The Labute approximate surface area is 106 Å². The highest BCUT2D eigenvalue weighted by molar-refractivity contribution is 5.75. The molecule has 0 aromatic carbocycles. The van der Waals surface area contributed by atoms with E-state index in [0.29, 0.717) is 6.42 Å². The second kappa shape index (κ2) is 9.26. The average Bonchev–Trinajstić information content (AvgIpc) is 2.37. The van der Waals surface area contributed by atoms with Crippen molar-refractivity contribution < 1.29 is 4.79 Å². The Morgan fingerprint density at radius 2 is 2.18 bits per heavy atom. The zero-order valence-electron chi connectivity index (χ0n) is 11.2. The highest BCUT2D eigenvalue weighted by atomic mass is 16.1. The van der Waals surface area contributed by atoms with Gasteiger partial charge < -0.3 is 5.32 Å². The Hall–Kier alpha value is -0.790. The second-order valence-corrected chi connectivity index (χ2v) is 5.10. The van der Waals surface area contributed by atoms with E-state index in [-0.39, 0.29) is 5.91 Å². The predicted molar refractivity (Wildman–Crippen MR) is 72.9 cm³/mol. The molecule has 1 unspecified atom stereocenters. The molecule has 98 valence electrons. The highest BCUT2D eigenvalue weighted by Gasteiger charge is 2.11. The topological polar surface area (TPSA) is 29.1 Å². The van der Waals surface area contributed by atoms with Gasteiger partial charge in [0.25, 0.3) is 0 Å². The average molecular weight is 237 g/mol. The van der Waals surface area contributed by atoms with E-state index in [2.05, 4.69) is 24.4 Å². The van der Waals surface area contributed by atoms with E-state index in [1.165, 1.54) is 38.5 Å². The van der Waals surface area contributed by atoms with Crippen molar-refractivity contribution in [2.24, 2.45) is 5.92 Å². The summed E-state index contributed by atoms with van der Waals surface area (Å²) < 4.78 is 0.